The average molecular weight is 338 g/mol. The van der Waals surface area contributed by atoms with E-state index >= 15 is 0 Å². The predicted molar refractivity (Wildman–Crippen MR) is 87.6 cm³/mol. The minimum Gasteiger partial charge on any atom is -0.436 e. The molecule has 1 amide bonds. The fraction of sp³-hybridized carbons (Fsp3) is 0.0526. The Morgan fingerprint density at radius 1 is 1.08 bits per heavy atom. The molecule has 2 aromatic carbocycles. The molecule has 124 valence electrons. The van der Waals surface area contributed by atoms with E-state index in [-0.39, 0.29) is 12.1 Å². The first-order valence-electron chi connectivity index (χ1n) is 7.61. The smallest absolute Gasteiger partial charge is 0.261 e. The Hall–Kier alpha value is -3.28. The molecule has 1 aliphatic heterocycles. The summed E-state index contributed by atoms with van der Waals surface area (Å²) in [6, 6.07) is 13.4. The molecule has 25 heavy (non-hydrogen) atoms. The minimum absolute atomic E-state index is 0.163. The first-order valence-corrected chi connectivity index (χ1v) is 7.61. The number of pyridine rings is 1. The molecule has 0 saturated heterocycles. The maximum atomic E-state index is 14.1. The number of amides is 1. The van der Waals surface area contributed by atoms with Gasteiger partial charge in [-0.05, 0) is 30.3 Å². The molecular weight excluding hydrogens is 326 g/mol. The summed E-state index contributed by atoms with van der Waals surface area (Å²) in [6.07, 6.45) is 1.60. The Kier molecular flexibility index (Phi) is 3.65. The number of aromatic nitrogens is 1. The van der Waals surface area contributed by atoms with Gasteiger partial charge in [0, 0.05) is 17.8 Å². The molecule has 2 heterocycles. The number of rotatable bonds is 1. The van der Waals surface area contributed by atoms with E-state index in [1.807, 2.05) is 0 Å². The number of carbonyl (C=O) groups is 1. The van der Waals surface area contributed by atoms with Gasteiger partial charge < -0.3 is 9.64 Å². The Balaban J connectivity index is 1.84. The molecule has 0 bridgehead atoms. The van der Waals surface area contributed by atoms with Crippen LogP contribution in [0.5, 0.6) is 11.6 Å². The lowest BCUT2D eigenvalue weighted by Gasteiger charge is -2.22. The number of benzene rings is 2. The first-order chi connectivity index (χ1) is 12.1. The number of hydrogen-bond acceptors (Lipinski definition) is 3. The van der Waals surface area contributed by atoms with E-state index in [4.69, 9.17) is 4.74 Å². The summed E-state index contributed by atoms with van der Waals surface area (Å²) in [4.78, 5) is 18.5. The van der Waals surface area contributed by atoms with Crippen molar-refractivity contribution in [2.45, 2.75) is 6.54 Å². The van der Waals surface area contributed by atoms with E-state index in [2.05, 4.69) is 4.98 Å². The number of para-hydroxylation sites is 2. The maximum Gasteiger partial charge on any atom is 0.261 e. The molecule has 0 saturated carbocycles. The van der Waals surface area contributed by atoms with E-state index in [1.165, 1.54) is 4.90 Å². The molecule has 3 aromatic rings. The van der Waals surface area contributed by atoms with Crippen LogP contribution < -0.4 is 9.64 Å². The highest BCUT2D eigenvalue weighted by Gasteiger charge is 2.28. The molecule has 0 spiro atoms. The van der Waals surface area contributed by atoms with Gasteiger partial charge in [-0.1, -0.05) is 18.2 Å². The molecule has 0 fully saturated rings. The molecule has 0 N–H and O–H groups in total. The van der Waals surface area contributed by atoms with Crippen LogP contribution >= 0.6 is 0 Å². The fourth-order valence-electron chi connectivity index (χ4n) is 2.75. The summed E-state index contributed by atoms with van der Waals surface area (Å²) in [7, 11) is 0. The SMILES string of the molecule is O=C(c1ccc(F)cc1F)N1Cc2cccnc2Oc2ccccc21. The Morgan fingerprint density at radius 3 is 2.76 bits per heavy atom. The van der Waals surface area contributed by atoms with E-state index in [9.17, 15) is 13.6 Å². The average Bonchev–Trinajstić information content (AvgIpc) is 2.78. The molecule has 6 heteroatoms. The second kappa shape index (κ2) is 5.98. The monoisotopic (exact) mass is 338 g/mol. The van der Waals surface area contributed by atoms with Gasteiger partial charge in [0.1, 0.15) is 11.6 Å². The van der Waals surface area contributed by atoms with Crippen molar-refractivity contribution in [3.8, 4) is 11.6 Å². The summed E-state index contributed by atoms with van der Waals surface area (Å²) in [5.41, 5.74) is 0.979. The number of fused-ring (bicyclic) bond motifs is 2. The van der Waals surface area contributed by atoms with E-state index in [0.717, 1.165) is 12.1 Å². The van der Waals surface area contributed by atoms with Crippen molar-refractivity contribution >= 4 is 11.6 Å². The lowest BCUT2D eigenvalue weighted by Crippen LogP contribution is -2.30. The molecule has 1 aromatic heterocycles. The molecule has 1 aliphatic rings. The summed E-state index contributed by atoms with van der Waals surface area (Å²) in [6.45, 7) is 0.163. The lowest BCUT2D eigenvalue weighted by molar-refractivity contribution is 0.0981. The maximum absolute atomic E-state index is 14.1. The third-order valence-electron chi connectivity index (χ3n) is 3.95. The van der Waals surface area contributed by atoms with Crippen LogP contribution in [0.2, 0.25) is 0 Å². The topological polar surface area (TPSA) is 42.4 Å². The highest BCUT2D eigenvalue weighted by molar-refractivity contribution is 6.07. The zero-order chi connectivity index (χ0) is 17.4. The highest BCUT2D eigenvalue weighted by atomic mass is 19.1. The predicted octanol–water partition coefficient (Wildman–Crippen LogP) is 4.31. The van der Waals surface area contributed by atoms with Crippen LogP contribution in [0.1, 0.15) is 15.9 Å². The van der Waals surface area contributed by atoms with Crippen molar-refractivity contribution < 1.29 is 18.3 Å². The van der Waals surface area contributed by atoms with Gasteiger partial charge in [-0.2, -0.15) is 0 Å². The summed E-state index contributed by atoms with van der Waals surface area (Å²) in [5, 5.41) is 0. The Bertz CT molecular complexity index is 975. The molecule has 0 radical (unpaired) electrons. The number of carbonyl (C=O) groups excluding carboxylic acids is 1. The molecule has 0 aliphatic carbocycles. The number of ether oxygens (including phenoxy) is 1. The third-order valence-corrected chi connectivity index (χ3v) is 3.95. The zero-order valence-electron chi connectivity index (χ0n) is 12.9. The zero-order valence-corrected chi connectivity index (χ0v) is 12.9. The van der Waals surface area contributed by atoms with Gasteiger partial charge in [0.15, 0.2) is 5.75 Å². The van der Waals surface area contributed by atoms with E-state index < -0.39 is 17.5 Å². The second-order valence-electron chi connectivity index (χ2n) is 5.55. The molecular formula is C19H12F2N2O2. The van der Waals surface area contributed by atoms with Gasteiger partial charge in [0.05, 0.1) is 17.8 Å². The first kappa shape index (κ1) is 15.3. The minimum atomic E-state index is -0.904. The van der Waals surface area contributed by atoms with Crippen molar-refractivity contribution in [1.29, 1.82) is 0 Å². The van der Waals surface area contributed by atoms with Gasteiger partial charge in [-0.25, -0.2) is 13.8 Å². The van der Waals surface area contributed by atoms with Crippen molar-refractivity contribution in [2.75, 3.05) is 4.90 Å². The van der Waals surface area contributed by atoms with Gasteiger partial charge >= 0.3 is 0 Å². The largest absolute Gasteiger partial charge is 0.436 e. The van der Waals surface area contributed by atoms with Crippen molar-refractivity contribution in [3.05, 3.63) is 83.6 Å². The quantitative estimate of drug-likeness (QED) is 0.664. The van der Waals surface area contributed by atoms with Gasteiger partial charge in [-0.3, -0.25) is 4.79 Å². The third kappa shape index (κ3) is 2.71. The van der Waals surface area contributed by atoms with E-state index in [0.29, 0.717) is 28.9 Å². The number of hydrogen-bond donors (Lipinski definition) is 0. The van der Waals surface area contributed by atoms with Crippen LogP contribution in [0.3, 0.4) is 0 Å². The summed E-state index contributed by atoms with van der Waals surface area (Å²) in [5.74, 6) is -1.38. The number of anilines is 1. The van der Waals surface area contributed by atoms with Crippen molar-refractivity contribution in [2.24, 2.45) is 0 Å². The molecule has 4 nitrogen and oxygen atoms in total. The molecule has 4 rings (SSSR count). The van der Waals surface area contributed by atoms with Gasteiger partial charge in [-0.15, -0.1) is 0 Å². The summed E-state index contributed by atoms with van der Waals surface area (Å²) >= 11 is 0. The van der Waals surface area contributed by atoms with Crippen LogP contribution in [0.15, 0.2) is 60.8 Å². The van der Waals surface area contributed by atoms with Gasteiger partial charge in [0.2, 0.25) is 5.88 Å². The summed E-state index contributed by atoms with van der Waals surface area (Å²) < 4.78 is 33.1. The van der Waals surface area contributed by atoms with E-state index in [1.54, 1.807) is 42.6 Å². The lowest BCUT2D eigenvalue weighted by atomic mass is 10.1. The van der Waals surface area contributed by atoms with Crippen molar-refractivity contribution in [1.82, 2.24) is 4.98 Å². The van der Waals surface area contributed by atoms with Crippen molar-refractivity contribution in [3.63, 3.8) is 0 Å². The highest BCUT2D eigenvalue weighted by Crippen LogP contribution is 2.38. The molecule has 0 atom stereocenters. The normalized spacial score (nSPS) is 12.6. The standard InChI is InChI=1S/C19H12F2N2O2/c20-13-7-8-14(15(21)10-13)19(24)23-11-12-4-3-9-22-18(12)25-17-6-2-1-5-16(17)23/h1-10H,11H2. The number of halogens is 2. The number of nitrogens with zero attached hydrogens (tertiary/aromatic N) is 2. The second-order valence-corrected chi connectivity index (χ2v) is 5.55. The van der Waals surface area contributed by atoms with Crippen LogP contribution in [-0.4, -0.2) is 10.9 Å². The Labute approximate surface area is 142 Å². The van der Waals surface area contributed by atoms with Crippen LogP contribution in [0.4, 0.5) is 14.5 Å². The Morgan fingerprint density at radius 2 is 1.92 bits per heavy atom. The van der Waals surface area contributed by atoms with Gasteiger partial charge in [0.25, 0.3) is 5.91 Å². The van der Waals surface area contributed by atoms with Crippen LogP contribution in [0, 0.1) is 11.6 Å². The van der Waals surface area contributed by atoms with Crippen LogP contribution in [-0.2, 0) is 6.54 Å². The fourth-order valence-corrected chi connectivity index (χ4v) is 2.75. The van der Waals surface area contributed by atoms with Crippen LogP contribution in [0.25, 0.3) is 0 Å². The molecule has 0 unspecified atom stereocenters.